The first-order chi connectivity index (χ1) is 11.0. The summed E-state index contributed by atoms with van der Waals surface area (Å²) in [6.07, 6.45) is -3.98. The average molecular weight is 344 g/mol. The van der Waals surface area contributed by atoms with Gasteiger partial charge in [-0.25, -0.2) is 4.98 Å². The van der Waals surface area contributed by atoms with Gasteiger partial charge in [0.1, 0.15) is 41.2 Å². The van der Waals surface area contributed by atoms with Crippen molar-refractivity contribution < 1.29 is 30.0 Å². The number of carbonyl (C=O) groups excluding carboxylic acids is 1. The smallest absolute Gasteiger partial charge is 0.270 e. The van der Waals surface area contributed by atoms with E-state index in [2.05, 4.69) is 10.3 Å². The molecule has 2 heterocycles. The molecule has 1 aliphatic carbocycles. The van der Waals surface area contributed by atoms with Crippen molar-refractivity contribution in [2.75, 3.05) is 13.2 Å². The Labute approximate surface area is 136 Å². The minimum atomic E-state index is -1.46. The van der Waals surface area contributed by atoms with Gasteiger partial charge in [0.25, 0.3) is 5.91 Å². The Morgan fingerprint density at radius 1 is 1.30 bits per heavy atom. The highest BCUT2D eigenvalue weighted by Gasteiger charge is 2.45. The van der Waals surface area contributed by atoms with Crippen LogP contribution in [0.25, 0.3) is 0 Å². The Hall–Kier alpha value is -1.10. The number of ether oxygens (including phenoxy) is 1. The van der Waals surface area contributed by atoms with Crippen LogP contribution in [0.1, 0.15) is 34.4 Å². The van der Waals surface area contributed by atoms with Crippen LogP contribution in [0, 0.1) is 5.92 Å². The molecule has 0 radical (unpaired) electrons. The second-order valence-corrected chi connectivity index (χ2v) is 6.86. The fraction of sp³-hybridized carbons (Fsp3) is 0.714. The molecule has 9 heteroatoms. The summed E-state index contributed by atoms with van der Waals surface area (Å²) in [5.74, 6) is 0.270. The van der Waals surface area contributed by atoms with Crippen molar-refractivity contribution in [3.05, 3.63) is 16.1 Å². The molecule has 3 rings (SSSR count). The minimum Gasteiger partial charge on any atom is -0.394 e. The lowest BCUT2D eigenvalue weighted by Crippen LogP contribution is -2.55. The zero-order chi connectivity index (χ0) is 16.6. The Balaban J connectivity index is 1.69. The lowest BCUT2D eigenvalue weighted by molar-refractivity contribution is -0.231. The molecule has 1 saturated carbocycles. The van der Waals surface area contributed by atoms with Crippen LogP contribution in [0.2, 0.25) is 0 Å². The zero-order valence-electron chi connectivity index (χ0n) is 12.3. The normalized spacial score (nSPS) is 34.3. The molecule has 1 aromatic rings. The zero-order valence-corrected chi connectivity index (χ0v) is 13.1. The van der Waals surface area contributed by atoms with Crippen molar-refractivity contribution in [1.82, 2.24) is 10.3 Å². The maximum atomic E-state index is 12.0. The van der Waals surface area contributed by atoms with E-state index in [0.717, 1.165) is 24.2 Å². The topological polar surface area (TPSA) is 132 Å². The summed E-state index contributed by atoms with van der Waals surface area (Å²) in [6.45, 7) is 0.132. The van der Waals surface area contributed by atoms with Crippen LogP contribution in [0.3, 0.4) is 0 Å². The Kier molecular flexibility index (Phi) is 4.95. The second kappa shape index (κ2) is 6.80. The first kappa shape index (κ1) is 16.7. The van der Waals surface area contributed by atoms with Crippen LogP contribution >= 0.6 is 11.3 Å². The summed E-state index contributed by atoms with van der Waals surface area (Å²) < 4.78 is 5.42. The van der Waals surface area contributed by atoms with Crippen molar-refractivity contribution in [3.63, 3.8) is 0 Å². The van der Waals surface area contributed by atoms with Crippen LogP contribution in [0.15, 0.2) is 5.38 Å². The SMILES string of the molecule is O=C(NCC1CC1)c1csc([C@@H]2O[C@H](CO)[C@H](O)[C@H](O)[C@H]2O)n1. The molecule has 2 fully saturated rings. The van der Waals surface area contributed by atoms with Gasteiger partial charge in [0, 0.05) is 11.9 Å². The highest BCUT2D eigenvalue weighted by Crippen LogP contribution is 2.34. The van der Waals surface area contributed by atoms with Crippen LogP contribution in [0.5, 0.6) is 0 Å². The number of aromatic nitrogens is 1. The van der Waals surface area contributed by atoms with E-state index in [1.165, 1.54) is 0 Å². The molecule has 0 spiro atoms. The number of aliphatic hydroxyl groups excluding tert-OH is 4. The Bertz CT molecular complexity index is 561. The van der Waals surface area contributed by atoms with Gasteiger partial charge in [0.05, 0.1) is 6.61 Å². The van der Waals surface area contributed by atoms with E-state index in [-0.39, 0.29) is 11.6 Å². The predicted molar refractivity (Wildman–Crippen MR) is 79.9 cm³/mol. The van der Waals surface area contributed by atoms with E-state index in [1.54, 1.807) is 5.38 Å². The number of amides is 1. The summed E-state index contributed by atoms with van der Waals surface area (Å²) in [7, 11) is 0. The van der Waals surface area contributed by atoms with Crippen LogP contribution in [-0.4, -0.2) is 68.9 Å². The van der Waals surface area contributed by atoms with Crippen molar-refractivity contribution in [1.29, 1.82) is 0 Å². The quantitative estimate of drug-likeness (QED) is 0.453. The monoisotopic (exact) mass is 344 g/mol. The van der Waals surface area contributed by atoms with Crippen molar-refractivity contribution >= 4 is 17.2 Å². The first-order valence-electron chi connectivity index (χ1n) is 7.55. The molecule has 1 saturated heterocycles. The van der Waals surface area contributed by atoms with E-state index in [9.17, 15) is 25.2 Å². The van der Waals surface area contributed by atoms with E-state index >= 15 is 0 Å². The van der Waals surface area contributed by atoms with Gasteiger partial charge in [-0.05, 0) is 18.8 Å². The fourth-order valence-electron chi connectivity index (χ4n) is 2.48. The summed E-state index contributed by atoms with van der Waals surface area (Å²) in [5, 5.41) is 43.5. The molecular formula is C14H20N2O6S. The first-order valence-corrected chi connectivity index (χ1v) is 8.43. The number of thiazole rings is 1. The van der Waals surface area contributed by atoms with Gasteiger partial charge in [-0.3, -0.25) is 4.79 Å². The molecule has 2 aliphatic rings. The third kappa shape index (κ3) is 3.54. The van der Waals surface area contributed by atoms with Crippen molar-refractivity contribution in [3.8, 4) is 0 Å². The van der Waals surface area contributed by atoms with Gasteiger partial charge in [-0.2, -0.15) is 0 Å². The molecule has 1 amide bonds. The van der Waals surface area contributed by atoms with E-state index in [0.29, 0.717) is 17.5 Å². The molecular weight excluding hydrogens is 324 g/mol. The van der Waals surface area contributed by atoms with Gasteiger partial charge in [-0.15, -0.1) is 11.3 Å². The van der Waals surface area contributed by atoms with E-state index < -0.39 is 37.1 Å². The van der Waals surface area contributed by atoms with Crippen molar-refractivity contribution in [2.24, 2.45) is 5.92 Å². The Morgan fingerprint density at radius 2 is 2.04 bits per heavy atom. The number of aliphatic hydroxyl groups is 4. The third-order valence-electron chi connectivity index (χ3n) is 4.14. The number of nitrogens with zero attached hydrogens (tertiary/aromatic N) is 1. The standard InChI is InChI=1S/C14H20N2O6S/c17-4-8-9(18)10(19)11(20)12(22-8)14-16-7(5-23-14)13(21)15-3-6-1-2-6/h5-6,8-12,17-20H,1-4H2,(H,15,21)/t8-,9+,10+,11-,12-/m1/s1. The van der Waals surface area contributed by atoms with Crippen molar-refractivity contribution in [2.45, 2.75) is 43.4 Å². The summed E-state index contributed by atoms with van der Waals surface area (Å²) in [6, 6.07) is 0. The number of carbonyl (C=O) groups is 1. The summed E-state index contributed by atoms with van der Waals surface area (Å²) in [4.78, 5) is 16.1. The molecule has 1 aliphatic heterocycles. The average Bonchev–Trinajstić information content (AvgIpc) is 3.25. The molecule has 5 N–H and O–H groups in total. The summed E-state index contributed by atoms with van der Waals surface area (Å²) in [5.41, 5.74) is 0.225. The lowest BCUT2D eigenvalue weighted by Gasteiger charge is -2.39. The molecule has 0 bridgehead atoms. The fourth-order valence-corrected chi connectivity index (χ4v) is 3.35. The van der Waals surface area contributed by atoms with Gasteiger partial charge in [0.2, 0.25) is 0 Å². The molecule has 23 heavy (non-hydrogen) atoms. The van der Waals surface area contributed by atoms with Gasteiger partial charge < -0.3 is 30.5 Å². The molecule has 128 valence electrons. The van der Waals surface area contributed by atoms with Gasteiger partial charge >= 0.3 is 0 Å². The van der Waals surface area contributed by atoms with E-state index in [4.69, 9.17) is 4.74 Å². The van der Waals surface area contributed by atoms with Crippen LogP contribution in [-0.2, 0) is 4.74 Å². The predicted octanol–water partition coefficient (Wildman–Crippen LogP) is -1.20. The maximum absolute atomic E-state index is 12.0. The number of hydrogen-bond acceptors (Lipinski definition) is 8. The summed E-state index contributed by atoms with van der Waals surface area (Å²) >= 11 is 1.12. The largest absolute Gasteiger partial charge is 0.394 e. The van der Waals surface area contributed by atoms with E-state index in [1.807, 2.05) is 0 Å². The maximum Gasteiger partial charge on any atom is 0.270 e. The van der Waals surface area contributed by atoms with Crippen LogP contribution < -0.4 is 5.32 Å². The number of hydrogen-bond donors (Lipinski definition) is 5. The molecule has 8 nitrogen and oxygen atoms in total. The molecule has 1 aromatic heterocycles. The Morgan fingerprint density at radius 3 is 2.70 bits per heavy atom. The lowest BCUT2D eigenvalue weighted by atomic mass is 9.95. The molecule has 0 unspecified atom stereocenters. The van der Waals surface area contributed by atoms with Crippen LogP contribution in [0.4, 0.5) is 0 Å². The van der Waals surface area contributed by atoms with Gasteiger partial charge in [-0.1, -0.05) is 0 Å². The highest BCUT2D eigenvalue weighted by molar-refractivity contribution is 7.09. The molecule has 0 aromatic carbocycles. The minimum absolute atomic E-state index is 0.225. The number of nitrogens with one attached hydrogen (secondary N) is 1. The highest BCUT2D eigenvalue weighted by atomic mass is 32.1. The third-order valence-corrected chi connectivity index (χ3v) is 5.04. The number of rotatable bonds is 5. The second-order valence-electron chi connectivity index (χ2n) is 5.97. The van der Waals surface area contributed by atoms with Gasteiger partial charge in [0.15, 0.2) is 0 Å². The molecule has 5 atom stereocenters.